The molecule has 9 heteroatoms. The van der Waals surface area contributed by atoms with Crippen molar-refractivity contribution in [2.75, 3.05) is 14.1 Å². The Labute approximate surface area is 138 Å². The van der Waals surface area contributed by atoms with E-state index in [1.165, 1.54) is 17.0 Å². The number of nitro benzene ring substituents is 1. The number of urea groups is 2. The van der Waals surface area contributed by atoms with Crippen LogP contribution in [0.1, 0.15) is 18.5 Å². The van der Waals surface area contributed by atoms with E-state index in [2.05, 4.69) is 10.6 Å². The number of amides is 4. The predicted octanol–water partition coefficient (Wildman–Crippen LogP) is 1.28. The molecule has 0 saturated carbocycles. The summed E-state index contributed by atoms with van der Waals surface area (Å²) in [5.74, 6) is -0.100. The first-order chi connectivity index (χ1) is 11.3. The average Bonchev–Trinajstić information content (AvgIpc) is 2.54. The molecule has 9 nitrogen and oxygen atoms in total. The highest BCUT2D eigenvalue weighted by Gasteiger charge is 2.49. The lowest BCUT2D eigenvalue weighted by atomic mass is 9.81. The molecule has 2 heterocycles. The van der Waals surface area contributed by atoms with E-state index in [-0.39, 0.29) is 35.8 Å². The normalized spacial score (nSPS) is 29.6. The number of nitrogens with zero attached hydrogens (tertiary/aromatic N) is 3. The predicted molar refractivity (Wildman–Crippen MR) is 85.2 cm³/mol. The minimum atomic E-state index is -0.457. The molecule has 4 atom stereocenters. The van der Waals surface area contributed by atoms with Gasteiger partial charge in [-0.2, -0.15) is 0 Å². The molecule has 2 aliphatic rings. The van der Waals surface area contributed by atoms with E-state index < -0.39 is 11.1 Å². The molecule has 0 bridgehead atoms. The summed E-state index contributed by atoms with van der Waals surface area (Å²) in [5, 5.41) is 16.6. The van der Waals surface area contributed by atoms with Crippen LogP contribution in [-0.4, -0.2) is 53.1 Å². The Morgan fingerprint density at radius 3 is 2.21 bits per heavy atom. The zero-order chi connectivity index (χ0) is 17.6. The Morgan fingerprint density at radius 2 is 1.62 bits per heavy atom. The van der Waals surface area contributed by atoms with E-state index in [0.29, 0.717) is 0 Å². The van der Waals surface area contributed by atoms with Gasteiger partial charge in [0.1, 0.15) is 6.17 Å². The molecule has 0 unspecified atom stereocenters. The van der Waals surface area contributed by atoms with Crippen LogP contribution < -0.4 is 10.6 Å². The average molecular weight is 333 g/mol. The highest BCUT2D eigenvalue weighted by molar-refractivity contribution is 5.80. The first kappa shape index (κ1) is 16.0. The smallest absolute Gasteiger partial charge is 0.319 e. The monoisotopic (exact) mass is 333 g/mol. The van der Waals surface area contributed by atoms with Gasteiger partial charge in [0, 0.05) is 38.2 Å². The van der Waals surface area contributed by atoms with Crippen LogP contribution in [0.15, 0.2) is 24.3 Å². The molecule has 24 heavy (non-hydrogen) atoms. The summed E-state index contributed by atoms with van der Waals surface area (Å²) in [6.45, 7) is 1.90. The third-order valence-electron chi connectivity index (χ3n) is 4.85. The van der Waals surface area contributed by atoms with Crippen LogP contribution >= 0.6 is 0 Å². The van der Waals surface area contributed by atoms with Crippen molar-refractivity contribution in [2.24, 2.45) is 5.92 Å². The standard InChI is InChI=1S/C15H19N5O4/c1-8-11-12(9-4-6-10(7-5-9)20(23)24)18(2)15(22)17-13(11)19(3)14(21)16-8/h4-8,11-13H,1-3H3,(H,16,21)(H,17,22)/t8-,11-,12+,13+/m0/s1. The molecule has 128 valence electrons. The zero-order valence-corrected chi connectivity index (χ0v) is 13.6. The van der Waals surface area contributed by atoms with Crippen molar-refractivity contribution in [3.63, 3.8) is 0 Å². The van der Waals surface area contributed by atoms with Gasteiger partial charge < -0.3 is 20.4 Å². The fourth-order valence-electron chi connectivity index (χ4n) is 3.54. The number of benzene rings is 1. The minimum Gasteiger partial charge on any atom is -0.335 e. The largest absolute Gasteiger partial charge is 0.335 e. The summed E-state index contributed by atoms with van der Waals surface area (Å²) in [5.41, 5.74) is 0.796. The summed E-state index contributed by atoms with van der Waals surface area (Å²) in [6.07, 6.45) is -0.433. The Morgan fingerprint density at radius 1 is 1.04 bits per heavy atom. The van der Waals surface area contributed by atoms with Crippen LogP contribution in [0.5, 0.6) is 0 Å². The van der Waals surface area contributed by atoms with Crippen LogP contribution in [0, 0.1) is 16.0 Å². The highest BCUT2D eigenvalue weighted by Crippen LogP contribution is 2.38. The summed E-state index contributed by atoms with van der Waals surface area (Å²) in [7, 11) is 3.32. The van der Waals surface area contributed by atoms with Gasteiger partial charge in [-0.1, -0.05) is 12.1 Å². The van der Waals surface area contributed by atoms with Gasteiger partial charge in [0.05, 0.1) is 11.0 Å². The van der Waals surface area contributed by atoms with E-state index in [1.807, 2.05) is 6.92 Å². The summed E-state index contributed by atoms with van der Waals surface area (Å²) >= 11 is 0. The summed E-state index contributed by atoms with van der Waals surface area (Å²) in [4.78, 5) is 37.7. The second-order valence-electron chi connectivity index (χ2n) is 6.23. The zero-order valence-electron chi connectivity index (χ0n) is 13.6. The quantitative estimate of drug-likeness (QED) is 0.628. The van der Waals surface area contributed by atoms with Crippen LogP contribution in [0.4, 0.5) is 15.3 Å². The van der Waals surface area contributed by atoms with E-state index in [1.54, 1.807) is 31.1 Å². The van der Waals surface area contributed by atoms with Crippen molar-refractivity contribution in [3.05, 3.63) is 39.9 Å². The van der Waals surface area contributed by atoms with Gasteiger partial charge in [-0.05, 0) is 12.5 Å². The lowest BCUT2D eigenvalue weighted by Gasteiger charge is -2.52. The fourth-order valence-corrected chi connectivity index (χ4v) is 3.54. The topological polar surface area (TPSA) is 108 Å². The molecule has 0 aliphatic carbocycles. The second kappa shape index (κ2) is 5.66. The first-order valence-corrected chi connectivity index (χ1v) is 7.62. The van der Waals surface area contributed by atoms with Gasteiger partial charge in [0.25, 0.3) is 5.69 Å². The first-order valence-electron chi connectivity index (χ1n) is 7.62. The third-order valence-corrected chi connectivity index (χ3v) is 4.85. The van der Waals surface area contributed by atoms with Crippen molar-refractivity contribution < 1.29 is 14.5 Å². The van der Waals surface area contributed by atoms with E-state index in [9.17, 15) is 19.7 Å². The third kappa shape index (κ3) is 2.41. The summed E-state index contributed by atoms with van der Waals surface area (Å²) < 4.78 is 0. The molecule has 0 radical (unpaired) electrons. The van der Waals surface area contributed by atoms with Gasteiger partial charge >= 0.3 is 12.1 Å². The molecule has 1 aromatic carbocycles. The molecule has 2 aliphatic heterocycles. The molecule has 2 N–H and O–H groups in total. The molecular formula is C15H19N5O4. The van der Waals surface area contributed by atoms with E-state index in [0.717, 1.165) is 5.56 Å². The number of carbonyl (C=O) groups excluding carboxylic acids is 2. The van der Waals surface area contributed by atoms with Crippen molar-refractivity contribution >= 4 is 17.7 Å². The van der Waals surface area contributed by atoms with Crippen molar-refractivity contribution in [1.82, 2.24) is 20.4 Å². The fraction of sp³-hybridized carbons (Fsp3) is 0.467. The maximum Gasteiger partial charge on any atom is 0.319 e. The Bertz CT molecular complexity index is 692. The Balaban J connectivity index is 2.01. The maximum atomic E-state index is 12.3. The molecule has 0 spiro atoms. The number of nitrogens with one attached hydrogen (secondary N) is 2. The van der Waals surface area contributed by atoms with Crippen LogP contribution in [0.3, 0.4) is 0 Å². The van der Waals surface area contributed by atoms with E-state index in [4.69, 9.17) is 0 Å². The lowest BCUT2D eigenvalue weighted by molar-refractivity contribution is -0.384. The van der Waals surface area contributed by atoms with Crippen LogP contribution in [-0.2, 0) is 0 Å². The number of non-ortho nitro benzene ring substituents is 1. The van der Waals surface area contributed by atoms with Crippen LogP contribution in [0.2, 0.25) is 0 Å². The molecule has 3 rings (SSSR count). The molecule has 4 amide bonds. The van der Waals surface area contributed by atoms with Crippen LogP contribution in [0.25, 0.3) is 0 Å². The van der Waals surface area contributed by atoms with E-state index >= 15 is 0 Å². The Kier molecular flexibility index (Phi) is 3.78. The SMILES string of the molecule is C[C@@H]1NC(=O)N(C)[C@H]2NC(=O)N(C)[C@H](c3ccc([N+](=O)[O-])cc3)[C@H]12. The number of rotatable bonds is 2. The number of hydrogen-bond donors (Lipinski definition) is 2. The van der Waals surface area contributed by atoms with Crippen molar-refractivity contribution in [1.29, 1.82) is 0 Å². The Hall–Kier alpha value is -2.84. The number of hydrogen-bond acceptors (Lipinski definition) is 4. The van der Waals surface area contributed by atoms with Gasteiger partial charge in [-0.15, -0.1) is 0 Å². The molecular weight excluding hydrogens is 314 g/mol. The number of carbonyl (C=O) groups is 2. The number of fused-ring (bicyclic) bond motifs is 1. The van der Waals surface area contributed by atoms with Gasteiger partial charge in [0.15, 0.2) is 0 Å². The minimum absolute atomic E-state index is 0.000303. The van der Waals surface area contributed by atoms with Gasteiger partial charge in [0.2, 0.25) is 0 Å². The lowest BCUT2D eigenvalue weighted by Crippen LogP contribution is -2.71. The van der Waals surface area contributed by atoms with Gasteiger partial charge in [-0.3, -0.25) is 10.1 Å². The van der Waals surface area contributed by atoms with Gasteiger partial charge in [-0.25, -0.2) is 9.59 Å². The van der Waals surface area contributed by atoms with Crippen molar-refractivity contribution in [3.8, 4) is 0 Å². The molecule has 2 saturated heterocycles. The second-order valence-corrected chi connectivity index (χ2v) is 6.23. The number of nitro groups is 1. The maximum absolute atomic E-state index is 12.3. The molecule has 1 aromatic rings. The highest BCUT2D eigenvalue weighted by atomic mass is 16.6. The molecule has 0 aromatic heterocycles. The molecule has 2 fully saturated rings. The van der Waals surface area contributed by atoms with Crippen molar-refractivity contribution in [2.45, 2.75) is 25.2 Å². The summed E-state index contributed by atoms with van der Waals surface area (Å²) in [6, 6.07) is 5.20.